The maximum Gasteiger partial charge on any atom is 0.227 e. The summed E-state index contributed by atoms with van der Waals surface area (Å²) in [6.07, 6.45) is 2.32. The monoisotopic (exact) mass is 331 g/mol. The fraction of sp³-hybridized carbons (Fsp3) is 0.579. The summed E-state index contributed by atoms with van der Waals surface area (Å²) in [6.45, 7) is 7.51. The second-order valence-electron chi connectivity index (χ2n) is 6.74. The van der Waals surface area contributed by atoms with Crippen LogP contribution in [0, 0.1) is 5.92 Å². The van der Waals surface area contributed by atoms with Crippen LogP contribution in [0.15, 0.2) is 24.3 Å². The lowest BCUT2D eigenvalue weighted by atomic mass is 10.1. The van der Waals surface area contributed by atoms with Gasteiger partial charge in [0.15, 0.2) is 0 Å². The molecule has 1 aliphatic rings. The van der Waals surface area contributed by atoms with Crippen molar-refractivity contribution < 1.29 is 9.59 Å². The number of carbonyl (C=O) groups excluding carboxylic acids is 2. The van der Waals surface area contributed by atoms with E-state index in [0.29, 0.717) is 6.42 Å². The van der Waals surface area contributed by atoms with Crippen molar-refractivity contribution in [2.24, 2.45) is 5.92 Å². The first-order valence-corrected chi connectivity index (χ1v) is 8.85. The van der Waals surface area contributed by atoms with Crippen LogP contribution in [0.5, 0.6) is 0 Å². The first-order chi connectivity index (χ1) is 11.5. The molecule has 1 aromatic rings. The van der Waals surface area contributed by atoms with E-state index >= 15 is 0 Å². The Labute approximate surface area is 145 Å². The first kappa shape index (κ1) is 18.5. The zero-order valence-electron chi connectivity index (χ0n) is 15.0. The quantitative estimate of drug-likeness (QED) is 0.871. The van der Waals surface area contributed by atoms with Crippen molar-refractivity contribution in [3.05, 3.63) is 29.8 Å². The van der Waals surface area contributed by atoms with Crippen molar-refractivity contribution in [2.45, 2.75) is 33.1 Å². The third-order valence-corrected chi connectivity index (χ3v) is 4.60. The van der Waals surface area contributed by atoms with Gasteiger partial charge in [-0.1, -0.05) is 32.4 Å². The number of amides is 2. The van der Waals surface area contributed by atoms with Gasteiger partial charge in [0.25, 0.3) is 0 Å². The minimum atomic E-state index is 0.0217. The lowest BCUT2D eigenvalue weighted by molar-refractivity contribution is -0.132. The minimum Gasteiger partial charge on any atom is -0.340 e. The molecule has 0 aliphatic carbocycles. The second kappa shape index (κ2) is 8.83. The van der Waals surface area contributed by atoms with Crippen LogP contribution in [-0.4, -0.2) is 54.8 Å². The van der Waals surface area contributed by atoms with Gasteiger partial charge in [-0.25, -0.2) is 0 Å². The summed E-state index contributed by atoms with van der Waals surface area (Å²) in [5, 5.41) is 2.94. The Kier molecular flexibility index (Phi) is 6.79. The second-order valence-corrected chi connectivity index (χ2v) is 6.74. The van der Waals surface area contributed by atoms with Gasteiger partial charge >= 0.3 is 0 Å². The highest BCUT2D eigenvalue weighted by Crippen LogP contribution is 2.14. The van der Waals surface area contributed by atoms with Crippen molar-refractivity contribution in [3.63, 3.8) is 0 Å². The van der Waals surface area contributed by atoms with Crippen molar-refractivity contribution in [1.82, 2.24) is 9.80 Å². The number of carbonyl (C=O) groups is 2. The van der Waals surface area contributed by atoms with Gasteiger partial charge in [0.1, 0.15) is 0 Å². The van der Waals surface area contributed by atoms with Crippen molar-refractivity contribution >= 4 is 17.5 Å². The molecule has 1 N–H and O–H groups in total. The molecule has 0 aromatic heterocycles. The number of hydrogen-bond acceptors (Lipinski definition) is 3. The van der Waals surface area contributed by atoms with Crippen LogP contribution in [0.3, 0.4) is 0 Å². The molecular weight excluding hydrogens is 302 g/mol. The molecule has 0 bridgehead atoms. The lowest BCUT2D eigenvalue weighted by Crippen LogP contribution is -2.47. The fourth-order valence-corrected chi connectivity index (χ4v) is 2.88. The van der Waals surface area contributed by atoms with Gasteiger partial charge in [-0.15, -0.1) is 0 Å². The van der Waals surface area contributed by atoms with Gasteiger partial charge in [-0.05, 0) is 31.2 Å². The molecule has 1 fully saturated rings. The molecule has 1 aliphatic heterocycles. The molecule has 0 radical (unpaired) electrons. The van der Waals surface area contributed by atoms with Crippen LogP contribution in [0.25, 0.3) is 0 Å². The molecule has 0 spiro atoms. The summed E-state index contributed by atoms with van der Waals surface area (Å²) in [5.74, 6) is 0.253. The molecule has 5 heteroatoms. The standard InChI is InChI=1S/C19H29N3O2/c1-4-5-15(2)19(24)20-17-8-6-16(7-9-17)14-18(23)22-12-10-21(3)11-13-22/h6-9,15H,4-5,10-14H2,1-3H3,(H,20,24)/t15-/m1/s1. The van der Waals surface area contributed by atoms with Crippen LogP contribution in [-0.2, 0) is 16.0 Å². The van der Waals surface area contributed by atoms with E-state index in [4.69, 9.17) is 0 Å². The zero-order chi connectivity index (χ0) is 17.5. The number of likely N-dealkylation sites (N-methyl/N-ethyl adjacent to an activating group) is 1. The third-order valence-electron chi connectivity index (χ3n) is 4.60. The maximum atomic E-state index is 12.3. The number of nitrogens with zero attached hydrogens (tertiary/aromatic N) is 2. The third kappa shape index (κ3) is 5.34. The van der Waals surface area contributed by atoms with Crippen LogP contribution < -0.4 is 5.32 Å². The van der Waals surface area contributed by atoms with Gasteiger partial charge in [0, 0.05) is 37.8 Å². The van der Waals surface area contributed by atoms with E-state index in [1.807, 2.05) is 36.1 Å². The Hall–Kier alpha value is -1.88. The molecule has 24 heavy (non-hydrogen) atoms. The number of piperazine rings is 1. The molecule has 1 saturated heterocycles. The van der Waals surface area contributed by atoms with E-state index in [2.05, 4.69) is 24.2 Å². The average molecular weight is 331 g/mol. The van der Waals surface area contributed by atoms with E-state index in [1.165, 1.54) is 0 Å². The lowest BCUT2D eigenvalue weighted by Gasteiger charge is -2.32. The van der Waals surface area contributed by atoms with Crippen LogP contribution in [0.1, 0.15) is 32.3 Å². The molecular formula is C19H29N3O2. The minimum absolute atomic E-state index is 0.0217. The zero-order valence-corrected chi connectivity index (χ0v) is 15.0. The summed E-state index contributed by atoms with van der Waals surface area (Å²) in [5.41, 5.74) is 1.78. The van der Waals surface area contributed by atoms with E-state index in [1.54, 1.807) is 0 Å². The van der Waals surface area contributed by atoms with Gasteiger partial charge in [-0.3, -0.25) is 9.59 Å². The summed E-state index contributed by atoms with van der Waals surface area (Å²) in [6, 6.07) is 7.61. The predicted molar refractivity (Wildman–Crippen MR) is 96.9 cm³/mol. The molecule has 0 saturated carbocycles. The average Bonchev–Trinajstić information content (AvgIpc) is 2.57. The summed E-state index contributed by atoms with van der Waals surface area (Å²) < 4.78 is 0. The van der Waals surface area contributed by atoms with E-state index in [9.17, 15) is 9.59 Å². The van der Waals surface area contributed by atoms with Gasteiger partial charge < -0.3 is 15.1 Å². The molecule has 132 valence electrons. The molecule has 0 unspecified atom stereocenters. The van der Waals surface area contributed by atoms with Gasteiger partial charge in [0.05, 0.1) is 6.42 Å². The Morgan fingerprint density at radius 1 is 1.12 bits per heavy atom. The largest absolute Gasteiger partial charge is 0.340 e. The summed E-state index contributed by atoms with van der Waals surface area (Å²) >= 11 is 0. The SMILES string of the molecule is CCC[C@@H](C)C(=O)Nc1ccc(CC(=O)N2CCN(C)CC2)cc1. The Bertz CT molecular complexity index is 548. The summed E-state index contributed by atoms with van der Waals surface area (Å²) in [4.78, 5) is 28.5. The molecule has 2 amide bonds. The highest BCUT2D eigenvalue weighted by molar-refractivity contribution is 5.92. The van der Waals surface area contributed by atoms with Crippen LogP contribution in [0.2, 0.25) is 0 Å². The number of rotatable bonds is 6. The van der Waals surface area contributed by atoms with E-state index in [0.717, 1.165) is 50.3 Å². The molecule has 5 nitrogen and oxygen atoms in total. The number of anilines is 1. The first-order valence-electron chi connectivity index (χ1n) is 8.85. The van der Waals surface area contributed by atoms with Gasteiger partial charge in [0.2, 0.25) is 11.8 Å². The van der Waals surface area contributed by atoms with Crippen molar-refractivity contribution in [2.75, 3.05) is 38.5 Å². The molecule has 2 rings (SSSR count). The predicted octanol–water partition coefficient (Wildman–Crippen LogP) is 2.38. The topological polar surface area (TPSA) is 52.7 Å². The van der Waals surface area contributed by atoms with Crippen LogP contribution >= 0.6 is 0 Å². The number of benzene rings is 1. The Morgan fingerprint density at radius 3 is 2.33 bits per heavy atom. The van der Waals surface area contributed by atoms with E-state index < -0.39 is 0 Å². The van der Waals surface area contributed by atoms with Crippen molar-refractivity contribution in [3.8, 4) is 0 Å². The highest BCUT2D eigenvalue weighted by atomic mass is 16.2. The maximum absolute atomic E-state index is 12.3. The van der Waals surface area contributed by atoms with Gasteiger partial charge in [-0.2, -0.15) is 0 Å². The Balaban J connectivity index is 1.85. The molecule has 1 heterocycles. The molecule has 1 aromatic carbocycles. The Morgan fingerprint density at radius 2 is 1.75 bits per heavy atom. The number of nitrogens with one attached hydrogen (secondary N) is 1. The van der Waals surface area contributed by atoms with E-state index in [-0.39, 0.29) is 17.7 Å². The smallest absolute Gasteiger partial charge is 0.227 e. The fourth-order valence-electron chi connectivity index (χ4n) is 2.88. The summed E-state index contributed by atoms with van der Waals surface area (Å²) in [7, 11) is 2.08. The normalized spacial score (nSPS) is 16.7. The highest BCUT2D eigenvalue weighted by Gasteiger charge is 2.19. The van der Waals surface area contributed by atoms with Crippen LogP contribution in [0.4, 0.5) is 5.69 Å². The number of hydrogen-bond donors (Lipinski definition) is 1. The van der Waals surface area contributed by atoms with Crippen molar-refractivity contribution in [1.29, 1.82) is 0 Å². The molecule has 1 atom stereocenters.